The molecule has 126 valence electrons. The second-order valence-corrected chi connectivity index (χ2v) is 6.12. The zero-order valence-electron chi connectivity index (χ0n) is 13.9. The summed E-state index contributed by atoms with van der Waals surface area (Å²) in [6.45, 7) is 2.44. The molecule has 0 saturated heterocycles. The Morgan fingerprint density at radius 3 is 2.71 bits per heavy atom. The predicted molar refractivity (Wildman–Crippen MR) is 94.2 cm³/mol. The third-order valence-corrected chi connectivity index (χ3v) is 4.33. The van der Waals surface area contributed by atoms with Crippen molar-refractivity contribution in [3.05, 3.63) is 53.9 Å². The number of carbonyl (C=O) groups excluding carboxylic acids is 1. The van der Waals surface area contributed by atoms with Crippen molar-refractivity contribution in [2.24, 2.45) is 0 Å². The van der Waals surface area contributed by atoms with Crippen LogP contribution >= 0.6 is 0 Å². The highest BCUT2D eigenvalue weighted by Crippen LogP contribution is 2.30. The summed E-state index contributed by atoms with van der Waals surface area (Å²) >= 11 is 0. The number of amides is 2. The Morgan fingerprint density at radius 2 is 1.96 bits per heavy atom. The Hall–Kier alpha value is -2.56. The molecule has 1 fully saturated rings. The van der Waals surface area contributed by atoms with Crippen LogP contribution in [0.25, 0.3) is 0 Å². The lowest BCUT2D eigenvalue weighted by Gasteiger charge is -2.17. The fourth-order valence-corrected chi connectivity index (χ4v) is 2.91. The molecule has 5 heteroatoms. The molecule has 2 amide bonds. The monoisotopic (exact) mass is 325 g/mol. The number of rotatable bonds is 5. The molecule has 3 rings (SSSR count). The van der Waals surface area contributed by atoms with Crippen molar-refractivity contribution in [3.8, 4) is 5.75 Å². The van der Waals surface area contributed by atoms with E-state index in [-0.39, 0.29) is 6.03 Å². The fourth-order valence-electron chi connectivity index (χ4n) is 2.91. The summed E-state index contributed by atoms with van der Waals surface area (Å²) < 4.78 is 6.08. The van der Waals surface area contributed by atoms with Crippen LogP contribution in [0.5, 0.6) is 5.75 Å². The van der Waals surface area contributed by atoms with E-state index in [1.54, 1.807) is 12.4 Å². The maximum atomic E-state index is 12.1. The summed E-state index contributed by atoms with van der Waals surface area (Å²) in [7, 11) is 0. The van der Waals surface area contributed by atoms with Crippen molar-refractivity contribution in [1.29, 1.82) is 0 Å². The summed E-state index contributed by atoms with van der Waals surface area (Å²) in [4.78, 5) is 16.1. The lowest BCUT2D eigenvalue weighted by Crippen LogP contribution is -2.28. The van der Waals surface area contributed by atoms with E-state index in [4.69, 9.17) is 4.74 Å². The van der Waals surface area contributed by atoms with E-state index < -0.39 is 0 Å². The number of hydrogen-bond donors (Lipinski definition) is 2. The highest BCUT2D eigenvalue weighted by atomic mass is 16.5. The van der Waals surface area contributed by atoms with Crippen molar-refractivity contribution < 1.29 is 9.53 Å². The Bertz CT molecular complexity index is 682. The van der Waals surface area contributed by atoms with Crippen LogP contribution in [-0.4, -0.2) is 17.1 Å². The molecule has 1 aliphatic rings. The first-order valence-electron chi connectivity index (χ1n) is 8.42. The van der Waals surface area contributed by atoms with Crippen molar-refractivity contribution in [3.63, 3.8) is 0 Å². The Labute approximate surface area is 142 Å². The smallest absolute Gasteiger partial charge is 0.319 e. The second kappa shape index (κ2) is 7.81. The van der Waals surface area contributed by atoms with Gasteiger partial charge in [-0.1, -0.05) is 6.07 Å². The summed E-state index contributed by atoms with van der Waals surface area (Å²) in [5.74, 6) is 0.855. The largest absolute Gasteiger partial charge is 0.490 e. The van der Waals surface area contributed by atoms with E-state index in [1.165, 1.54) is 12.8 Å². The van der Waals surface area contributed by atoms with Crippen LogP contribution in [0.3, 0.4) is 0 Å². The number of hydrogen-bond acceptors (Lipinski definition) is 3. The highest BCUT2D eigenvalue weighted by molar-refractivity contribution is 5.90. The van der Waals surface area contributed by atoms with E-state index in [1.807, 2.05) is 37.3 Å². The summed E-state index contributed by atoms with van der Waals surface area (Å²) in [6.07, 6.45) is 8.43. The molecule has 1 aliphatic carbocycles. The SMILES string of the molecule is Cc1c(NC(=O)NCc2ccncc2)cccc1OC1CCCC1. The Morgan fingerprint density at radius 1 is 1.21 bits per heavy atom. The second-order valence-electron chi connectivity index (χ2n) is 6.12. The van der Waals surface area contributed by atoms with Gasteiger partial charge in [0.2, 0.25) is 0 Å². The van der Waals surface area contributed by atoms with Gasteiger partial charge in [0.05, 0.1) is 6.10 Å². The minimum absolute atomic E-state index is 0.229. The Kier molecular flexibility index (Phi) is 5.31. The predicted octanol–water partition coefficient (Wildman–Crippen LogP) is 4.03. The van der Waals surface area contributed by atoms with Crippen LogP contribution in [0.2, 0.25) is 0 Å². The molecule has 1 saturated carbocycles. The quantitative estimate of drug-likeness (QED) is 0.872. The van der Waals surface area contributed by atoms with Crippen LogP contribution in [0.1, 0.15) is 36.8 Å². The van der Waals surface area contributed by atoms with Gasteiger partial charge in [0, 0.05) is 30.2 Å². The van der Waals surface area contributed by atoms with Crippen molar-refractivity contribution >= 4 is 11.7 Å². The van der Waals surface area contributed by atoms with E-state index in [9.17, 15) is 4.79 Å². The molecule has 0 bridgehead atoms. The van der Waals surface area contributed by atoms with Gasteiger partial charge >= 0.3 is 6.03 Å². The molecular formula is C19H23N3O2. The lowest BCUT2D eigenvalue weighted by molar-refractivity contribution is 0.209. The highest BCUT2D eigenvalue weighted by Gasteiger charge is 2.18. The molecular weight excluding hydrogens is 302 g/mol. The van der Waals surface area contributed by atoms with Crippen LogP contribution < -0.4 is 15.4 Å². The number of anilines is 1. The van der Waals surface area contributed by atoms with E-state index in [2.05, 4.69) is 15.6 Å². The number of benzene rings is 1. The molecule has 5 nitrogen and oxygen atoms in total. The first kappa shape index (κ1) is 16.3. The van der Waals surface area contributed by atoms with E-state index in [0.717, 1.165) is 35.4 Å². The van der Waals surface area contributed by atoms with Gasteiger partial charge in [0.1, 0.15) is 5.75 Å². The zero-order chi connectivity index (χ0) is 16.8. The number of ether oxygens (including phenoxy) is 1. The molecule has 2 N–H and O–H groups in total. The van der Waals surface area contributed by atoms with Gasteiger partial charge in [-0.15, -0.1) is 0 Å². The maximum absolute atomic E-state index is 12.1. The average molecular weight is 325 g/mol. The molecule has 1 heterocycles. The summed E-state index contributed by atoms with van der Waals surface area (Å²) in [6, 6.07) is 9.29. The molecule has 0 spiro atoms. The van der Waals surface area contributed by atoms with Gasteiger partial charge in [-0.2, -0.15) is 0 Å². The number of nitrogens with zero attached hydrogens (tertiary/aromatic N) is 1. The van der Waals surface area contributed by atoms with Gasteiger partial charge in [-0.3, -0.25) is 4.98 Å². The molecule has 1 aromatic carbocycles. The first-order valence-corrected chi connectivity index (χ1v) is 8.42. The summed E-state index contributed by atoms with van der Waals surface area (Å²) in [5, 5.41) is 5.75. The Balaban J connectivity index is 1.58. The summed E-state index contributed by atoms with van der Waals surface area (Å²) in [5.41, 5.74) is 2.75. The number of pyridine rings is 1. The number of urea groups is 1. The standard InChI is InChI=1S/C19H23N3O2/c1-14-17(7-4-8-18(14)24-16-5-2-3-6-16)22-19(23)21-13-15-9-11-20-12-10-15/h4,7-12,16H,2-3,5-6,13H2,1H3,(H2,21,22,23). The lowest BCUT2D eigenvalue weighted by atomic mass is 10.1. The molecule has 1 aromatic heterocycles. The molecule has 2 aromatic rings. The van der Waals surface area contributed by atoms with E-state index >= 15 is 0 Å². The van der Waals surface area contributed by atoms with Crippen LogP contribution in [-0.2, 0) is 6.54 Å². The van der Waals surface area contributed by atoms with Gasteiger partial charge < -0.3 is 15.4 Å². The molecule has 0 unspecified atom stereocenters. The maximum Gasteiger partial charge on any atom is 0.319 e. The normalized spacial score (nSPS) is 14.4. The number of carbonyl (C=O) groups is 1. The topological polar surface area (TPSA) is 63.2 Å². The third kappa shape index (κ3) is 4.25. The molecule has 0 aliphatic heterocycles. The van der Waals surface area contributed by atoms with Crippen LogP contribution in [0.4, 0.5) is 10.5 Å². The molecule has 0 atom stereocenters. The minimum atomic E-state index is -0.229. The van der Waals surface area contributed by atoms with Gasteiger partial charge in [-0.05, 0) is 62.4 Å². The zero-order valence-corrected chi connectivity index (χ0v) is 13.9. The van der Waals surface area contributed by atoms with Crippen LogP contribution in [0.15, 0.2) is 42.7 Å². The van der Waals surface area contributed by atoms with E-state index in [0.29, 0.717) is 12.6 Å². The van der Waals surface area contributed by atoms with Crippen LogP contribution in [0, 0.1) is 6.92 Å². The van der Waals surface area contributed by atoms with Gasteiger partial charge in [-0.25, -0.2) is 4.79 Å². The molecule has 24 heavy (non-hydrogen) atoms. The van der Waals surface area contributed by atoms with Crippen molar-refractivity contribution in [1.82, 2.24) is 10.3 Å². The number of aromatic nitrogens is 1. The molecule has 0 radical (unpaired) electrons. The van der Waals surface area contributed by atoms with Gasteiger partial charge in [0.25, 0.3) is 0 Å². The average Bonchev–Trinajstić information content (AvgIpc) is 3.11. The third-order valence-electron chi connectivity index (χ3n) is 4.33. The van der Waals surface area contributed by atoms with Crippen molar-refractivity contribution in [2.45, 2.75) is 45.3 Å². The first-order chi connectivity index (χ1) is 11.7. The van der Waals surface area contributed by atoms with Gasteiger partial charge in [0.15, 0.2) is 0 Å². The van der Waals surface area contributed by atoms with Crippen molar-refractivity contribution in [2.75, 3.05) is 5.32 Å². The minimum Gasteiger partial charge on any atom is -0.490 e. The number of nitrogens with one attached hydrogen (secondary N) is 2. The fraction of sp³-hybridized carbons (Fsp3) is 0.368.